The number of imide groups is 2. The van der Waals surface area contributed by atoms with E-state index in [0.717, 1.165) is 4.90 Å². The molecule has 1 aliphatic rings. The highest BCUT2D eigenvalue weighted by molar-refractivity contribution is 6.39. The van der Waals surface area contributed by atoms with Crippen LogP contribution in [0.4, 0.5) is 10.5 Å². The number of hydrogen-bond donors (Lipinski definition) is 2. The molecular weight excluding hydrogens is 424 g/mol. The molecule has 0 bridgehead atoms. The van der Waals surface area contributed by atoms with Gasteiger partial charge in [0.05, 0.1) is 11.3 Å². The Bertz CT molecular complexity index is 1270. The number of carbonyl (C=O) groups excluding carboxylic acids is 3. The molecule has 3 aromatic carbocycles. The van der Waals surface area contributed by atoms with Gasteiger partial charge in [0.25, 0.3) is 11.8 Å². The van der Waals surface area contributed by atoms with Gasteiger partial charge in [0.2, 0.25) is 0 Å². The number of carboxylic acids is 1. The number of carbonyl (C=O) groups is 4. The van der Waals surface area contributed by atoms with Crippen LogP contribution in [-0.2, 0) is 16.2 Å². The molecule has 0 aliphatic carbocycles. The number of nitrogens with zero attached hydrogens (tertiary/aromatic N) is 1. The van der Waals surface area contributed by atoms with Crippen LogP contribution in [0.1, 0.15) is 21.5 Å². The Hall–Kier alpha value is -4.72. The molecule has 1 heterocycles. The predicted molar refractivity (Wildman–Crippen MR) is 120 cm³/mol. The highest BCUT2D eigenvalue weighted by Crippen LogP contribution is 2.22. The van der Waals surface area contributed by atoms with Crippen molar-refractivity contribution < 1.29 is 29.0 Å². The van der Waals surface area contributed by atoms with Gasteiger partial charge >= 0.3 is 12.0 Å². The number of anilines is 1. The van der Waals surface area contributed by atoms with Crippen molar-refractivity contribution in [3.05, 3.63) is 101 Å². The number of aromatic carboxylic acids is 1. The summed E-state index contributed by atoms with van der Waals surface area (Å²) in [6.45, 7) is 0.177. The van der Waals surface area contributed by atoms with E-state index in [1.165, 1.54) is 18.2 Å². The second kappa shape index (κ2) is 9.19. The lowest BCUT2D eigenvalue weighted by atomic mass is 10.1. The van der Waals surface area contributed by atoms with Gasteiger partial charge in [-0.25, -0.2) is 14.5 Å². The highest BCUT2D eigenvalue weighted by atomic mass is 16.5. The fourth-order valence-corrected chi connectivity index (χ4v) is 3.26. The maximum absolute atomic E-state index is 12.9. The molecule has 1 aliphatic heterocycles. The standard InChI is InChI=1S/C25H18N2O6/c28-22-21(23(29)27(25(32)26-22)19-7-2-1-3-8-19)14-16-9-11-20(12-10-16)33-15-17-5-4-6-18(13-17)24(30)31/h1-14H,15H2,(H,30,31)(H,26,28,32)/b21-14+. The van der Waals surface area contributed by atoms with E-state index in [2.05, 4.69) is 5.32 Å². The van der Waals surface area contributed by atoms with Gasteiger partial charge in [-0.2, -0.15) is 0 Å². The maximum Gasteiger partial charge on any atom is 0.335 e. The molecule has 8 heteroatoms. The largest absolute Gasteiger partial charge is 0.489 e. The van der Waals surface area contributed by atoms with E-state index in [1.807, 2.05) is 0 Å². The normalized spacial score (nSPS) is 14.8. The van der Waals surface area contributed by atoms with E-state index >= 15 is 0 Å². The summed E-state index contributed by atoms with van der Waals surface area (Å²) in [5.41, 5.74) is 1.63. The first kappa shape index (κ1) is 21.5. The first-order chi connectivity index (χ1) is 15.9. The molecule has 3 aromatic rings. The summed E-state index contributed by atoms with van der Waals surface area (Å²) in [5.74, 6) is -1.97. The van der Waals surface area contributed by atoms with E-state index in [1.54, 1.807) is 66.7 Å². The van der Waals surface area contributed by atoms with Gasteiger partial charge in [-0.1, -0.05) is 42.5 Å². The van der Waals surface area contributed by atoms with Crippen molar-refractivity contribution in [2.24, 2.45) is 0 Å². The summed E-state index contributed by atoms with van der Waals surface area (Å²) in [6, 6.07) is 20.6. The minimum Gasteiger partial charge on any atom is -0.489 e. The zero-order valence-electron chi connectivity index (χ0n) is 17.2. The number of urea groups is 1. The van der Waals surface area contributed by atoms with Gasteiger partial charge in [0.15, 0.2) is 0 Å². The predicted octanol–water partition coefficient (Wildman–Crippen LogP) is 3.63. The molecule has 1 saturated heterocycles. The highest BCUT2D eigenvalue weighted by Gasteiger charge is 2.36. The summed E-state index contributed by atoms with van der Waals surface area (Å²) >= 11 is 0. The molecule has 4 rings (SSSR count). The summed E-state index contributed by atoms with van der Waals surface area (Å²) in [4.78, 5) is 49.3. The number of rotatable bonds is 6. The van der Waals surface area contributed by atoms with Crippen LogP contribution < -0.4 is 15.0 Å². The van der Waals surface area contributed by atoms with Crippen LogP contribution in [0.3, 0.4) is 0 Å². The fourth-order valence-electron chi connectivity index (χ4n) is 3.26. The van der Waals surface area contributed by atoms with Crippen molar-refractivity contribution in [1.82, 2.24) is 5.32 Å². The molecule has 0 saturated carbocycles. The lowest BCUT2D eigenvalue weighted by Crippen LogP contribution is -2.54. The zero-order valence-corrected chi connectivity index (χ0v) is 17.2. The third-order valence-electron chi connectivity index (χ3n) is 4.89. The summed E-state index contributed by atoms with van der Waals surface area (Å²) in [7, 11) is 0. The van der Waals surface area contributed by atoms with Crippen LogP contribution in [0, 0.1) is 0 Å². The van der Waals surface area contributed by atoms with E-state index < -0.39 is 23.8 Å². The van der Waals surface area contributed by atoms with Crippen LogP contribution in [0.5, 0.6) is 5.75 Å². The van der Waals surface area contributed by atoms with Gasteiger partial charge < -0.3 is 9.84 Å². The minimum atomic E-state index is -1.01. The van der Waals surface area contributed by atoms with Crippen LogP contribution in [-0.4, -0.2) is 28.9 Å². The molecule has 0 radical (unpaired) electrons. The maximum atomic E-state index is 12.9. The quantitative estimate of drug-likeness (QED) is 0.445. The van der Waals surface area contributed by atoms with Gasteiger partial charge in [0.1, 0.15) is 17.9 Å². The lowest BCUT2D eigenvalue weighted by Gasteiger charge is -2.26. The van der Waals surface area contributed by atoms with Gasteiger partial charge in [-0.05, 0) is 53.6 Å². The van der Waals surface area contributed by atoms with Crippen molar-refractivity contribution in [3.8, 4) is 5.75 Å². The molecular formula is C25H18N2O6. The number of para-hydroxylation sites is 1. The van der Waals surface area contributed by atoms with E-state index in [4.69, 9.17) is 9.84 Å². The number of hydrogen-bond acceptors (Lipinski definition) is 5. The molecule has 8 nitrogen and oxygen atoms in total. The Morgan fingerprint density at radius 2 is 1.67 bits per heavy atom. The average Bonchev–Trinajstić information content (AvgIpc) is 2.82. The molecule has 0 atom stereocenters. The van der Waals surface area contributed by atoms with Gasteiger partial charge in [-0.3, -0.25) is 14.9 Å². The van der Waals surface area contributed by atoms with Crippen molar-refractivity contribution >= 4 is 35.6 Å². The van der Waals surface area contributed by atoms with Crippen LogP contribution in [0.15, 0.2) is 84.4 Å². The topological polar surface area (TPSA) is 113 Å². The average molecular weight is 442 g/mol. The van der Waals surface area contributed by atoms with Crippen molar-refractivity contribution in [2.75, 3.05) is 4.90 Å². The van der Waals surface area contributed by atoms with Gasteiger partial charge in [0, 0.05) is 0 Å². The molecule has 1 fully saturated rings. The number of carboxylic acid groups (broad SMARTS) is 1. The lowest BCUT2D eigenvalue weighted by molar-refractivity contribution is -0.122. The first-order valence-electron chi connectivity index (χ1n) is 9.94. The monoisotopic (exact) mass is 442 g/mol. The SMILES string of the molecule is O=C1NC(=O)N(c2ccccc2)C(=O)/C1=C/c1ccc(OCc2cccc(C(=O)O)c2)cc1. The molecule has 4 amide bonds. The zero-order chi connectivity index (χ0) is 23.4. The van der Waals surface area contributed by atoms with Crippen LogP contribution in [0.25, 0.3) is 6.08 Å². The summed E-state index contributed by atoms with van der Waals surface area (Å²) in [5, 5.41) is 11.3. The number of ether oxygens (including phenoxy) is 1. The third-order valence-corrected chi connectivity index (χ3v) is 4.89. The molecule has 0 unspecified atom stereocenters. The number of amides is 4. The van der Waals surface area contributed by atoms with Gasteiger partial charge in [-0.15, -0.1) is 0 Å². The smallest absolute Gasteiger partial charge is 0.335 e. The molecule has 0 spiro atoms. The van der Waals surface area contributed by atoms with E-state index in [0.29, 0.717) is 22.6 Å². The Kier molecular flexibility index (Phi) is 5.99. The van der Waals surface area contributed by atoms with Crippen LogP contribution in [0.2, 0.25) is 0 Å². The van der Waals surface area contributed by atoms with Crippen LogP contribution >= 0.6 is 0 Å². The molecule has 0 aromatic heterocycles. The van der Waals surface area contributed by atoms with E-state index in [9.17, 15) is 19.2 Å². The number of nitrogens with one attached hydrogen (secondary N) is 1. The Labute approximate surface area is 188 Å². The Morgan fingerprint density at radius 1 is 0.939 bits per heavy atom. The molecule has 2 N–H and O–H groups in total. The second-order valence-corrected chi connectivity index (χ2v) is 7.16. The first-order valence-corrected chi connectivity index (χ1v) is 9.94. The summed E-state index contributed by atoms with van der Waals surface area (Å²) in [6.07, 6.45) is 1.40. The van der Waals surface area contributed by atoms with Crippen molar-refractivity contribution in [2.45, 2.75) is 6.61 Å². The molecule has 33 heavy (non-hydrogen) atoms. The Balaban J connectivity index is 1.49. The van der Waals surface area contributed by atoms with Crippen molar-refractivity contribution in [3.63, 3.8) is 0 Å². The third kappa shape index (κ3) is 4.80. The van der Waals surface area contributed by atoms with Crippen molar-refractivity contribution in [1.29, 1.82) is 0 Å². The minimum absolute atomic E-state index is 0.169. The fraction of sp³-hybridized carbons (Fsp3) is 0.0400. The second-order valence-electron chi connectivity index (χ2n) is 7.16. The number of benzene rings is 3. The van der Waals surface area contributed by atoms with E-state index in [-0.39, 0.29) is 17.7 Å². The molecule has 164 valence electrons. The summed E-state index contributed by atoms with van der Waals surface area (Å²) < 4.78 is 5.69. The Morgan fingerprint density at radius 3 is 2.36 bits per heavy atom. The number of barbiturate groups is 1.